The zero-order valence-electron chi connectivity index (χ0n) is 8.57. The van der Waals surface area contributed by atoms with Crippen LogP contribution < -0.4 is 10.5 Å². The lowest BCUT2D eigenvalue weighted by Gasteiger charge is -2.32. The summed E-state index contributed by atoms with van der Waals surface area (Å²) in [4.78, 5) is 0. The Morgan fingerprint density at radius 1 is 1.43 bits per heavy atom. The van der Waals surface area contributed by atoms with E-state index >= 15 is 0 Å². The first kappa shape index (κ1) is 9.53. The largest absolute Gasteiger partial charge is 0.490 e. The second kappa shape index (κ2) is 4.01. The fraction of sp³-hybridized carbons (Fsp3) is 0.500. The highest BCUT2D eigenvalue weighted by Crippen LogP contribution is 2.25. The van der Waals surface area contributed by atoms with E-state index < -0.39 is 0 Å². The van der Waals surface area contributed by atoms with Gasteiger partial charge in [0.2, 0.25) is 0 Å². The Kier molecular flexibility index (Phi) is 2.73. The summed E-state index contributed by atoms with van der Waals surface area (Å²) >= 11 is 0. The lowest BCUT2D eigenvalue weighted by Crippen LogP contribution is -2.43. The van der Waals surface area contributed by atoms with E-state index in [2.05, 4.69) is 19.1 Å². The Bertz CT molecular complexity index is 305. The molecule has 0 bridgehead atoms. The van der Waals surface area contributed by atoms with Crippen LogP contribution in [0.25, 0.3) is 0 Å². The van der Waals surface area contributed by atoms with Gasteiger partial charge in [0.25, 0.3) is 0 Å². The standard InChI is InChI=1S/C12H17NO/c1-2-9-4-3-5-11(6-9)14-12-7-10(13)8-12/h3-6,10,12H,2,7-8,13H2,1H3/t10-,12+. The number of ether oxygens (including phenoxy) is 1. The van der Waals surface area contributed by atoms with Crippen molar-refractivity contribution in [3.8, 4) is 5.75 Å². The summed E-state index contributed by atoms with van der Waals surface area (Å²) in [6.07, 6.45) is 3.39. The quantitative estimate of drug-likeness (QED) is 0.794. The first-order valence-corrected chi connectivity index (χ1v) is 5.29. The number of nitrogens with two attached hydrogens (primary N) is 1. The van der Waals surface area contributed by atoms with E-state index in [9.17, 15) is 0 Å². The molecule has 0 aromatic heterocycles. The van der Waals surface area contributed by atoms with E-state index in [-0.39, 0.29) is 0 Å². The minimum absolute atomic E-state index is 0.345. The molecule has 1 aromatic carbocycles. The molecular weight excluding hydrogens is 174 g/mol. The van der Waals surface area contributed by atoms with Gasteiger partial charge >= 0.3 is 0 Å². The summed E-state index contributed by atoms with van der Waals surface area (Å²) in [6.45, 7) is 2.15. The lowest BCUT2D eigenvalue weighted by atomic mass is 9.90. The minimum Gasteiger partial charge on any atom is -0.490 e. The van der Waals surface area contributed by atoms with E-state index in [1.807, 2.05) is 12.1 Å². The van der Waals surface area contributed by atoms with Crippen molar-refractivity contribution >= 4 is 0 Å². The van der Waals surface area contributed by atoms with E-state index in [1.165, 1.54) is 5.56 Å². The molecule has 76 valence electrons. The molecule has 1 fully saturated rings. The third-order valence-corrected chi connectivity index (χ3v) is 2.74. The molecule has 2 nitrogen and oxygen atoms in total. The lowest BCUT2D eigenvalue weighted by molar-refractivity contribution is 0.101. The fourth-order valence-corrected chi connectivity index (χ4v) is 1.73. The van der Waals surface area contributed by atoms with Crippen molar-refractivity contribution in [1.82, 2.24) is 0 Å². The van der Waals surface area contributed by atoms with Gasteiger partial charge in [-0.05, 0) is 37.0 Å². The molecule has 14 heavy (non-hydrogen) atoms. The molecule has 2 N–H and O–H groups in total. The van der Waals surface area contributed by atoms with Gasteiger partial charge in [-0.15, -0.1) is 0 Å². The van der Waals surface area contributed by atoms with E-state index in [1.54, 1.807) is 0 Å². The number of benzene rings is 1. The van der Waals surface area contributed by atoms with Crippen molar-refractivity contribution in [3.63, 3.8) is 0 Å². The van der Waals surface area contributed by atoms with Crippen molar-refractivity contribution in [2.24, 2.45) is 5.73 Å². The highest BCUT2D eigenvalue weighted by molar-refractivity contribution is 5.28. The highest BCUT2D eigenvalue weighted by Gasteiger charge is 2.27. The Morgan fingerprint density at radius 2 is 2.21 bits per heavy atom. The van der Waals surface area contributed by atoms with E-state index in [0.29, 0.717) is 12.1 Å². The summed E-state index contributed by atoms with van der Waals surface area (Å²) < 4.78 is 5.78. The minimum atomic E-state index is 0.345. The monoisotopic (exact) mass is 191 g/mol. The second-order valence-electron chi connectivity index (χ2n) is 3.97. The fourth-order valence-electron chi connectivity index (χ4n) is 1.73. The van der Waals surface area contributed by atoms with Crippen LogP contribution >= 0.6 is 0 Å². The van der Waals surface area contributed by atoms with Crippen molar-refractivity contribution in [2.75, 3.05) is 0 Å². The maximum atomic E-state index is 5.78. The van der Waals surface area contributed by atoms with Crippen molar-refractivity contribution in [1.29, 1.82) is 0 Å². The molecule has 2 heteroatoms. The molecule has 0 amide bonds. The third-order valence-electron chi connectivity index (χ3n) is 2.74. The van der Waals surface area contributed by atoms with Crippen molar-refractivity contribution in [3.05, 3.63) is 29.8 Å². The van der Waals surface area contributed by atoms with Crippen molar-refractivity contribution in [2.45, 2.75) is 38.3 Å². The Labute approximate surface area is 85.1 Å². The number of hydrogen-bond acceptors (Lipinski definition) is 2. The molecular formula is C12H17NO. The zero-order valence-corrected chi connectivity index (χ0v) is 8.57. The highest BCUT2D eigenvalue weighted by atomic mass is 16.5. The summed E-state index contributed by atoms with van der Waals surface area (Å²) in [5, 5.41) is 0. The van der Waals surface area contributed by atoms with Crippen LogP contribution in [0.4, 0.5) is 0 Å². The average molecular weight is 191 g/mol. The molecule has 0 saturated heterocycles. The molecule has 1 aliphatic rings. The van der Waals surface area contributed by atoms with Crippen LogP contribution in [-0.4, -0.2) is 12.1 Å². The predicted octanol–water partition coefficient (Wildman–Crippen LogP) is 2.12. The average Bonchev–Trinajstić information content (AvgIpc) is 2.16. The Balaban J connectivity index is 1.95. The predicted molar refractivity (Wildman–Crippen MR) is 57.4 cm³/mol. The molecule has 1 saturated carbocycles. The summed E-state index contributed by atoms with van der Waals surface area (Å²) in [5.41, 5.74) is 7.02. The molecule has 0 radical (unpaired) electrons. The second-order valence-corrected chi connectivity index (χ2v) is 3.97. The molecule has 1 aliphatic carbocycles. The molecule has 0 atom stereocenters. The van der Waals surface area contributed by atoms with Gasteiger partial charge in [0, 0.05) is 6.04 Å². The van der Waals surface area contributed by atoms with Crippen LogP contribution in [0.5, 0.6) is 5.75 Å². The molecule has 0 heterocycles. The number of rotatable bonds is 3. The van der Waals surface area contributed by atoms with Gasteiger partial charge in [0.05, 0.1) is 0 Å². The Hall–Kier alpha value is -1.02. The van der Waals surface area contributed by atoms with E-state index in [4.69, 9.17) is 10.5 Å². The van der Waals surface area contributed by atoms with Crippen LogP contribution in [0.15, 0.2) is 24.3 Å². The Morgan fingerprint density at radius 3 is 2.86 bits per heavy atom. The maximum Gasteiger partial charge on any atom is 0.119 e. The molecule has 0 aliphatic heterocycles. The number of hydrogen-bond donors (Lipinski definition) is 1. The van der Waals surface area contributed by atoms with Gasteiger partial charge in [-0.1, -0.05) is 19.1 Å². The zero-order chi connectivity index (χ0) is 9.97. The molecule has 1 aromatic rings. The summed E-state index contributed by atoms with van der Waals surface area (Å²) in [7, 11) is 0. The van der Waals surface area contributed by atoms with E-state index in [0.717, 1.165) is 25.0 Å². The normalized spacial score (nSPS) is 25.6. The van der Waals surface area contributed by atoms with Crippen LogP contribution in [0.1, 0.15) is 25.3 Å². The third kappa shape index (κ3) is 2.07. The van der Waals surface area contributed by atoms with Gasteiger partial charge in [-0.2, -0.15) is 0 Å². The molecule has 0 unspecified atom stereocenters. The van der Waals surface area contributed by atoms with Gasteiger partial charge < -0.3 is 10.5 Å². The SMILES string of the molecule is CCc1cccc(O[C@H]2C[C@@H](N)C2)c1. The topological polar surface area (TPSA) is 35.2 Å². The maximum absolute atomic E-state index is 5.78. The number of aryl methyl sites for hydroxylation is 1. The molecule has 2 rings (SSSR count). The van der Waals surface area contributed by atoms with Gasteiger partial charge in [-0.25, -0.2) is 0 Å². The van der Waals surface area contributed by atoms with Crippen LogP contribution in [0, 0.1) is 0 Å². The molecule has 0 spiro atoms. The van der Waals surface area contributed by atoms with Gasteiger partial charge in [-0.3, -0.25) is 0 Å². The summed E-state index contributed by atoms with van der Waals surface area (Å²) in [5.74, 6) is 0.987. The van der Waals surface area contributed by atoms with Crippen LogP contribution in [0.2, 0.25) is 0 Å². The van der Waals surface area contributed by atoms with Crippen LogP contribution in [-0.2, 0) is 6.42 Å². The smallest absolute Gasteiger partial charge is 0.119 e. The first-order valence-electron chi connectivity index (χ1n) is 5.29. The first-order chi connectivity index (χ1) is 6.78. The van der Waals surface area contributed by atoms with Crippen LogP contribution in [0.3, 0.4) is 0 Å². The van der Waals surface area contributed by atoms with Gasteiger partial charge in [0.1, 0.15) is 11.9 Å². The van der Waals surface area contributed by atoms with Crippen molar-refractivity contribution < 1.29 is 4.74 Å². The summed E-state index contributed by atoms with van der Waals surface area (Å²) in [6, 6.07) is 8.66. The van der Waals surface area contributed by atoms with Gasteiger partial charge in [0.15, 0.2) is 0 Å².